The van der Waals surface area contributed by atoms with E-state index in [2.05, 4.69) is 15.5 Å². The third-order valence-electron chi connectivity index (χ3n) is 3.43. The highest BCUT2D eigenvalue weighted by atomic mass is 35.5. The molecular formula is C13H17ClN6O3. The van der Waals surface area contributed by atoms with Crippen molar-refractivity contribution in [2.24, 2.45) is 0 Å². The lowest BCUT2D eigenvalue weighted by atomic mass is 10.3. The number of nitrogens with zero attached hydrogens (tertiary/aromatic N) is 5. The zero-order chi connectivity index (χ0) is 17.0. The maximum atomic E-state index is 12.1. The van der Waals surface area contributed by atoms with Crippen molar-refractivity contribution in [2.75, 3.05) is 6.54 Å². The first-order valence-electron chi connectivity index (χ1n) is 7.04. The maximum absolute atomic E-state index is 12.1. The van der Waals surface area contributed by atoms with Gasteiger partial charge < -0.3 is 5.32 Å². The summed E-state index contributed by atoms with van der Waals surface area (Å²) < 4.78 is 3.04. The van der Waals surface area contributed by atoms with Gasteiger partial charge in [0.2, 0.25) is 5.91 Å². The zero-order valence-corrected chi connectivity index (χ0v) is 13.5. The molecule has 1 N–H and O–H groups in total. The minimum atomic E-state index is -0.622. The Bertz CT molecular complexity index is 710. The number of hydrogen-bond acceptors (Lipinski definition) is 5. The molecule has 0 radical (unpaired) electrons. The highest BCUT2D eigenvalue weighted by molar-refractivity contribution is 6.30. The summed E-state index contributed by atoms with van der Waals surface area (Å²) in [5.41, 5.74) is 0.254. The Morgan fingerprint density at radius 1 is 1.48 bits per heavy atom. The number of rotatable bonds is 7. The van der Waals surface area contributed by atoms with E-state index in [1.165, 1.54) is 4.68 Å². The van der Waals surface area contributed by atoms with E-state index < -0.39 is 11.0 Å². The Balaban J connectivity index is 1.84. The molecule has 0 aliphatic carbocycles. The third-order valence-corrected chi connectivity index (χ3v) is 3.62. The van der Waals surface area contributed by atoms with E-state index in [9.17, 15) is 14.9 Å². The number of hydrogen-bond donors (Lipinski definition) is 1. The number of aryl methyl sites for hydroxylation is 1. The normalized spacial score (nSPS) is 12.1. The number of amides is 1. The van der Waals surface area contributed by atoms with Crippen LogP contribution in [0, 0.1) is 17.0 Å². The molecular weight excluding hydrogens is 324 g/mol. The van der Waals surface area contributed by atoms with E-state index in [1.54, 1.807) is 30.9 Å². The molecule has 2 rings (SSSR count). The van der Waals surface area contributed by atoms with Crippen LogP contribution in [0.3, 0.4) is 0 Å². The molecule has 1 atom stereocenters. The van der Waals surface area contributed by atoms with Crippen molar-refractivity contribution in [3.8, 4) is 0 Å². The lowest BCUT2D eigenvalue weighted by Gasteiger charge is -2.14. The SMILES string of the molecule is Cc1c([N+](=O)[O-])cnn1C(C)C(=O)NCCCn1cc(Cl)cn1. The highest BCUT2D eigenvalue weighted by Crippen LogP contribution is 2.19. The Kier molecular flexibility index (Phi) is 5.32. The van der Waals surface area contributed by atoms with Gasteiger partial charge in [-0.1, -0.05) is 11.6 Å². The average Bonchev–Trinajstić information content (AvgIpc) is 3.08. The van der Waals surface area contributed by atoms with Crippen molar-refractivity contribution < 1.29 is 9.72 Å². The van der Waals surface area contributed by atoms with Crippen LogP contribution in [-0.2, 0) is 11.3 Å². The van der Waals surface area contributed by atoms with Gasteiger partial charge in [0.05, 0.1) is 16.1 Å². The van der Waals surface area contributed by atoms with Crippen LogP contribution in [0.25, 0.3) is 0 Å². The Morgan fingerprint density at radius 2 is 2.22 bits per heavy atom. The first-order valence-corrected chi connectivity index (χ1v) is 7.42. The molecule has 2 aromatic rings. The average molecular weight is 341 g/mol. The Morgan fingerprint density at radius 3 is 2.78 bits per heavy atom. The van der Waals surface area contributed by atoms with Crippen LogP contribution in [0.5, 0.6) is 0 Å². The van der Waals surface area contributed by atoms with Crippen molar-refractivity contribution in [2.45, 2.75) is 32.9 Å². The number of carbonyl (C=O) groups is 1. The molecule has 1 amide bonds. The maximum Gasteiger partial charge on any atom is 0.309 e. The molecule has 0 spiro atoms. The molecule has 0 aromatic carbocycles. The second kappa shape index (κ2) is 7.23. The molecule has 0 aliphatic heterocycles. The molecule has 10 heteroatoms. The predicted molar refractivity (Wildman–Crippen MR) is 83.2 cm³/mol. The van der Waals surface area contributed by atoms with Crippen LogP contribution < -0.4 is 5.32 Å². The minimum Gasteiger partial charge on any atom is -0.354 e. The van der Waals surface area contributed by atoms with Crippen LogP contribution in [0.2, 0.25) is 5.02 Å². The van der Waals surface area contributed by atoms with Crippen molar-refractivity contribution in [1.82, 2.24) is 24.9 Å². The third kappa shape index (κ3) is 4.07. The van der Waals surface area contributed by atoms with Gasteiger partial charge in [-0.2, -0.15) is 10.2 Å². The quantitative estimate of drug-likeness (QED) is 0.469. The highest BCUT2D eigenvalue weighted by Gasteiger charge is 2.23. The van der Waals surface area contributed by atoms with Crippen LogP contribution in [0.15, 0.2) is 18.6 Å². The van der Waals surface area contributed by atoms with Crippen molar-refractivity contribution in [3.63, 3.8) is 0 Å². The molecule has 23 heavy (non-hydrogen) atoms. The fraction of sp³-hybridized carbons (Fsp3) is 0.462. The summed E-state index contributed by atoms with van der Waals surface area (Å²) in [6, 6.07) is -0.622. The van der Waals surface area contributed by atoms with Crippen LogP contribution in [0.1, 0.15) is 25.1 Å². The van der Waals surface area contributed by atoms with Gasteiger partial charge in [-0.05, 0) is 20.3 Å². The molecule has 2 heterocycles. The van der Waals surface area contributed by atoms with E-state index in [0.29, 0.717) is 30.2 Å². The molecule has 0 fully saturated rings. The van der Waals surface area contributed by atoms with Crippen LogP contribution >= 0.6 is 11.6 Å². The Hall–Kier alpha value is -2.42. The fourth-order valence-corrected chi connectivity index (χ4v) is 2.31. The molecule has 0 saturated heterocycles. The summed E-state index contributed by atoms with van der Waals surface area (Å²) in [5, 5.41) is 22.1. The summed E-state index contributed by atoms with van der Waals surface area (Å²) in [5.74, 6) is -0.246. The Labute approximate surface area is 137 Å². The summed E-state index contributed by atoms with van der Waals surface area (Å²) >= 11 is 5.76. The predicted octanol–water partition coefficient (Wildman–Crippen LogP) is 1.72. The summed E-state index contributed by atoms with van der Waals surface area (Å²) in [6.07, 6.45) is 5.10. The summed E-state index contributed by atoms with van der Waals surface area (Å²) in [7, 11) is 0. The van der Waals surface area contributed by atoms with Gasteiger partial charge in [-0.25, -0.2) is 0 Å². The first-order chi connectivity index (χ1) is 10.9. The largest absolute Gasteiger partial charge is 0.354 e. The number of aromatic nitrogens is 4. The number of halogens is 1. The standard InChI is InChI=1S/C13H17ClN6O3/c1-9-12(20(22)23)7-17-19(9)10(2)13(21)15-4-3-5-18-8-11(14)6-16-18/h6-8,10H,3-5H2,1-2H3,(H,15,21). The number of carbonyl (C=O) groups excluding carboxylic acids is 1. The second-order valence-corrected chi connectivity index (χ2v) is 5.50. The van der Waals surface area contributed by atoms with Crippen molar-refractivity contribution in [1.29, 1.82) is 0 Å². The van der Waals surface area contributed by atoms with Gasteiger partial charge in [0.15, 0.2) is 0 Å². The van der Waals surface area contributed by atoms with Gasteiger partial charge >= 0.3 is 5.69 Å². The van der Waals surface area contributed by atoms with E-state index in [-0.39, 0.29) is 11.6 Å². The van der Waals surface area contributed by atoms with E-state index in [0.717, 1.165) is 6.20 Å². The van der Waals surface area contributed by atoms with Crippen LogP contribution in [-0.4, -0.2) is 36.9 Å². The lowest BCUT2D eigenvalue weighted by molar-refractivity contribution is -0.385. The summed E-state index contributed by atoms with van der Waals surface area (Å²) in [4.78, 5) is 22.4. The molecule has 0 bridgehead atoms. The zero-order valence-electron chi connectivity index (χ0n) is 12.8. The molecule has 2 aromatic heterocycles. The minimum absolute atomic E-state index is 0.0970. The van der Waals surface area contributed by atoms with Gasteiger partial charge in [0, 0.05) is 19.3 Å². The van der Waals surface area contributed by atoms with E-state index >= 15 is 0 Å². The molecule has 1 unspecified atom stereocenters. The number of nitrogens with one attached hydrogen (secondary N) is 1. The molecule has 0 saturated carbocycles. The smallest absolute Gasteiger partial charge is 0.309 e. The molecule has 0 aliphatic rings. The van der Waals surface area contributed by atoms with Gasteiger partial charge in [-0.15, -0.1) is 0 Å². The first kappa shape index (κ1) is 16.9. The van der Waals surface area contributed by atoms with Gasteiger partial charge in [-0.3, -0.25) is 24.3 Å². The number of nitro groups is 1. The van der Waals surface area contributed by atoms with E-state index in [4.69, 9.17) is 11.6 Å². The molecule has 9 nitrogen and oxygen atoms in total. The summed E-state index contributed by atoms with van der Waals surface area (Å²) in [6.45, 7) is 4.30. The topological polar surface area (TPSA) is 108 Å². The van der Waals surface area contributed by atoms with Gasteiger partial charge in [0.25, 0.3) is 0 Å². The lowest BCUT2D eigenvalue weighted by Crippen LogP contribution is -2.33. The van der Waals surface area contributed by atoms with Gasteiger partial charge in [0.1, 0.15) is 17.9 Å². The van der Waals surface area contributed by atoms with Crippen molar-refractivity contribution >= 4 is 23.2 Å². The fourth-order valence-electron chi connectivity index (χ4n) is 2.16. The molecule has 124 valence electrons. The van der Waals surface area contributed by atoms with Crippen LogP contribution in [0.4, 0.5) is 5.69 Å². The van der Waals surface area contributed by atoms with E-state index in [1.807, 2.05) is 0 Å². The van der Waals surface area contributed by atoms with Crippen molar-refractivity contribution in [3.05, 3.63) is 39.4 Å². The monoisotopic (exact) mass is 340 g/mol. The second-order valence-electron chi connectivity index (χ2n) is 5.06.